The van der Waals surface area contributed by atoms with E-state index in [1.165, 1.54) is 11.4 Å². The Hall–Kier alpha value is -3.27. The van der Waals surface area contributed by atoms with Crippen molar-refractivity contribution in [1.82, 2.24) is 14.2 Å². The number of aliphatic hydroxyl groups is 1. The molecule has 0 saturated carbocycles. The third-order valence-electron chi connectivity index (χ3n) is 6.79. The van der Waals surface area contributed by atoms with Gasteiger partial charge in [-0.15, -0.1) is 0 Å². The maximum Gasteiger partial charge on any atom is 0.259 e. The molecule has 3 atom stereocenters. The van der Waals surface area contributed by atoms with Crippen LogP contribution in [0.5, 0.6) is 5.88 Å². The molecule has 1 aliphatic rings. The van der Waals surface area contributed by atoms with Gasteiger partial charge in [-0.2, -0.15) is 4.31 Å². The zero-order chi connectivity index (χ0) is 26.7. The van der Waals surface area contributed by atoms with Crippen LogP contribution in [-0.2, 0) is 10.0 Å². The number of pyridine rings is 1. The number of rotatable bonds is 7. The van der Waals surface area contributed by atoms with E-state index in [0.717, 1.165) is 16.7 Å². The van der Waals surface area contributed by atoms with Crippen LogP contribution in [0.4, 0.5) is 0 Å². The summed E-state index contributed by atoms with van der Waals surface area (Å²) in [6.07, 6.45) is 1.07. The van der Waals surface area contributed by atoms with Crippen LogP contribution in [0.2, 0.25) is 0 Å². The fourth-order valence-electron chi connectivity index (χ4n) is 4.35. The standard InChI is InChI=1S/C28H33N3O5S/c1-19-10-12-24(13-11-19)37(34,35)30(4)17-26-20(2)16-31(21(3)18-32)28(33)25-14-23(15-29-27(25)36-26)22-8-6-5-7-9-22/h5-15,20-21,26,32H,16-18H2,1-4H3/t20-,21+,26+/m0/s1. The van der Waals surface area contributed by atoms with Gasteiger partial charge in [-0.25, -0.2) is 13.4 Å². The first-order chi connectivity index (χ1) is 17.6. The Balaban J connectivity index is 1.70. The molecule has 2 aromatic carbocycles. The number of nitrogens with zero attached hydrogens (tertiary/aromatic N) is 3. The number of amides is 1. The maximum absolute atomic E-state index is 13.6. The highest BCUT2D eigenvalue weighted by Crippen LogP contribution is 2.30. The predicted octanol–water partition coefficient (Wildman–Crippen LogP) is 3.60. The number of ether oxygens (including phenoxy) is 1. The monoisotopic (exact) mass is 523 g/mol. The van der Waals surface area contributed by atoms with Gasteiger partial charge in [0.05, 0.1) is 24.1 Å². The number of hydrogen-bond donors (Lipinski definition) is 1. The number of aromatic nitrogens is 1. The fraction of sp³-hybridized carbons (Fsp3) is 0.357. The van der Waals surface area contributed by atoms with Crippen molar-refractivity contribution >= 4 is 15.9 Å². The molecule has 1 N–H and O–H groups in total. The first-order valence-electron chi connectivity index (χ1n) is 12.3. The maximum atomic E-state index is 13.6. The zero-order valence-electron chi connectivity index (χ0n) is 21.5. The lowest BCUT2D eigenvalue weighted by Gasteiger charge is -2.37. The lowest BCUT2D eigenvalue weighted by Crippen LogP contribution is -2.50. The predicted molar refractivity (Wildman–Crippen MR) is 142 cm³/mol. The fourth-order valence-corrected chi connectivity index (χ4v) is 5.53. The summed E-state index contributed by atoms with van der Waals surface area (Å²) in [6, 6.07) is 17.6. The molecule has 4 rings (SSSR count). The summed E-state index contributed by atoms with van der Waals surface area (Å²) in [7, 11) is -2.23. The average molecular weight is 524 g/mol. The molecule has 0 aliphatic carbocycles. The van der Waals surface area contributed by atoms with Crippen molar-refractivity contribution in [2.75, 3.05) is 26.7 Å². The van der Waals surface area contributed by atoms with Crippen LogP contribution in [0.1, 0.15) is 29.8 Å². The Bertz CT molecular complexity index is 1350. The summed E-state index contributed by atoms with van der Waals surface area (Å²) in [5.41, 5.74) is 2.92. The number of fused-ring (bicyclic) bond motifs is 1. The van der Waals surface area contributed by atoms with E-state index in [4.69, 9.17) is 4.74 Å². The van der Waals surface area contributed by atoms with E-state index in [1.807, 2.05) is 44.2 Å². The van der Waals surface area contributed by atoms with Crippen LogP contribution in [0, 0.1) is 12.8 Å². The zero-order valence-corrected chi connectivity index (χ0v) is 22.4. The Kier molecular flexibility index (Phi) is 7.96. The van der Waals surface area contributed by atoms with Crippen LogP contribution in [0.25, 0.3) is 11.1 Å². The van der Waals surface area contributed by atoms with Gasteiger partial charge in [0, 0.05) is 31.3 Å². The Labute approximate surface area is 218 Å². The van der Waals surface area contributed by atoms with Gasteiger partial charge in [-0.3, -0.25) is 4.79 Å². The molecule has 0 unspecified atom stereocenters. The molecule has 37 heavy (non-hydrogen) atoms. The van der Waals surface area contributed by atoms with E-state index in [0.29, 0.717) is 6.54 Å². The van der Waals surface area contributed by atoms with Crippen molar-refractivity contribution in [3.05, 3.63) is 78.0 Å². The molecule has 1 amide bonds. The lowest BCUT2D eigenvalue weighted by atomic mass is 9.99. The van der Waals surface area contributed by atoms with E-state index in [-0.39, 0.29) is 41.3 Å². The van der Waals surface area contributed by atoms with Gasteiger partial charge in [0.2, 0.25) is 15.9 Å². The molecule has 3 aromatic rings. The number of hydrogen-bond acceptors (Lipinski definition) is 6. The molecule has 9 heteroatoms. The second kappa shape index (κ2) is 11.0. The van der Waals surface area contributed by atoms with Crippen LogP contribution >= 0.6 is 0 Å². The highest BCUT2D eigenvalue weighted by atomic mass is 32.2. The normalized spacial score (nSPS) is 19.1. The van der Waals surface area contributed by atoms with Gasteiger partial charge in [0.25, 0.3) is 5.91 Å². The molecule has 2 heterocycles. The molecule has 0 radical (unpaired) electrons. The number of likely N-dealkylation sites (N-methyl/N-ethyl adjacent to an activating group) is 1. The number of carbonyl (C=O) groups is 1. The first kappa shape index (κ1) is 26.8. The second-order valence-electron chi connectivity index (χ2n) is 9.66. The van der Waals surface area contributed by atoms with Crippen molar-refractivity contribution in [2.24, 2.45) is 5.92 Å². The van der Waals surface area contributed by atoms with Crippen LogP contribution in [0.15, 0.2) is 71.8 Å². The van der Waals surface area contributed by atoms with Gasteiger partial charge in [-0.1, -0.05) is 55.0 Å². The highest BCUT2D eigenvalue weighted by Gasteiger charge is 2.36. The number of benzene rings is 2. The third-order valence-corrected chi connectivity index (χ3v) is 8.63. The molecule has 0 fully saturated rings. The molecule has 8 nitrogen and oxygen atoms in total. The van der Waals surface area contributed by atoms with Gasteiger partial charge < -0.3 is 14.7 Å². The van der Waals surface area contributed by atoms with E-state index in [9.17, 15) is 18.3 Å². The molecule has 0 bridgehead atoms. The van der Waals surface area contributed by atoms with Crippen LogP contribution < -0.4 is 4.74 Å². The molecule has 1 aliphatic heterocycles. The van der Waals surface area contributed by atoms with Crippen molar-refractivity contribution in [3.8, 4) is 17.0 Å². The van der Waals surface area contributed by atoms with Gasteiger partial charge in [0.1, 0.15) is 11.7 Å². The van der Waals surface area contributed by atoms with Crippen molar-refractivity contribution in [2.45, 2.75) is 37.8 Å². The van der Waals surface area contributed by atoms with Crippen molar-refractivity contribution < 1.29 is 23.1 Å². The SMILES string of the molecule is Cc1ccc(S(=O)(=O)N(C)C[C@H]2Oc3ncc(-c4ccccc4)cc3C(=O)N([C@H](C)CO)C[C@@H]2C)cc1. The Morgan fingerprint density at radius 1 is 1.14 bits per heavy atom. The second-order valence-corrected chi connectivity index (χ2v) is 11.7. The minimum Gasteiger partial charge on any atom is -0.472 e. The number of sulfonamides is 1. The summed E-state index contributed by atoms with van der Waals surface area (Å²) < 4.78 is 34.0. The lowest BCUT2D eigenvalue weighted by molar-refractivity contribution is 0.0373. The third kappa shape index (κ3) is 5.69. The average Bonchev–Trinajstić information content (AvgIpc) is 2.90. The van der Waals surface area contributed by atoms with Crippen LogP contribution in [0.3, 0.4) is 0 Å². The summed E-state index contributed by atoms with van der Waals surface area (Å²) in [6.45, 7) is 5.74. The van der Waals surface area contributed by atoms with Crippen LogP contribution in [-0.4, -0.2) is 72.5 Å². The largest absolute Gasteiger partial charge is 0.472 e. The number of carbonyl (C=O) groups excluding carboxylic acids is 1. The molecule has 0 spiro atoms. The van der Waals surface area contributed by atoms with E-state index in [2.05, 4.69) is 4.98 Å². The van der Waals surface area contributed by atoms with E-state index >= 15 is 0 Å². The number of aryl methyl sites for hydroxylation is 1. The highest BCUT2D eigenvalue weighted by molar-refractivity contribution is 7.89. The summed E-state index contributed by atoms with van der Waals surface area (Å²) in [5.74, 6) is -0.373. The quantitative estimate of drug-likeness (QED) is 0.508. The first-order valence-corrected chi connectivity index (χ1v) is 13.7. The van der Waals surface area contributed by atoms with Crippen molar-refractivity contribution in [3.63, 3.8) is 0 Å². The summed E-state index contributed by atoms with van der Waals surface area (Å²) in [4.78, 5) is 19.9. The van der Waals surface area contributed by atoms with Gasteiger partial charge >= 0.3 is 0 Å². The summed E-state index contributed by atoms with van der Waals surface area (Å²) in [5, 5.41) is 9.87. The Morgan fingerprint density at radius 3 is 2.46 bits per heavy atom. The molecular weight excluding hydrogens is 490 g/mol. The minimum atomic E-state index is -3.75. The van der Waals surface area contributed by atoms with Gasteiger partial charge in [-0.05, 0) is 37.6 Å². The number of aliphatic hydroxyl groups excluding tert-OH is 1. The summed E-state index contributed by atoms with van der Waals surface area (Å²) >= 11 is 0. The van der Waals surface area contributed by atoms with Crippen molar-refractivity contribution in [1.29, 1.82) is 0 Å². The molecule has 1 aromatic heterocycles. The minimum absolute atomic E-state index is 0.0640. The van der Waals surface area contributed by atoms with E-state index < -0.39 is 22.2 Å². The Morgan fingerprint density at radius 2 is 1.81 bits per heavy atom. The molecule has 196 valence electrons. The molecule has 0 saturated heterocycles. The van der Waals surface area contributed by atoms with E-state index in [1.54, 1.807) is 48.4 Å². The molecular formula is C28H33N3O5S. The van der Waals surface area contributed by atoms with Gasteiger partial charge in [0.15, 0.2) is 0 Å². The smallest absolute Gasteiger partial charge is 0.259 e. The topological polar surface area (TPSA) is 100 Å².